The maximum absolute atomic E-state index is 11.5. The summed E-state index contributed by atoms with van der Waals surface area (Å²) >= 11 is 0. The van der Waals surface area contributed by atoms with E-state index in [4.69, 9.17) is 9.16 Å². The summed E-state index contributed by atoms with van der Waals surface area (Å²) in [6.45, 7) is 15.9. The summed E-state index contributed by atoms with van der Waals surface area (Å²) in [5.41, 5.74) is 0. The average molecular weight is 286 g/mol. The van der Waals surface area contributed by atoms with E-state index in [-0.39, 0.29) is 16.9 Å². The first-order valence-electron chi connectivity index (χ1n) is 7.06. The van der Waals surface area contributed by atoms with E-state index in [1.54, 1.807) is 0 Å². The van der Waals surface area contributed by atoms with Gasteiger partial charge in [-0.2, -0.15) is 0 Å². The molecule has 0 heterocycles. The number of hydrogen-bond acceptors (Lipinski definition) is 3. The molecule has 0 fully saturated rings. The van der Waals surface area contributed by atoms with Crippen molar-refractivity contribution >= 4 is 14.3 Å². The molecule has 0 saturated heterocycles. The highest BCUT2D eigenvalue weighted by molar-refractivity contribution is 6.74. The number of ether oxygens (including phenoxy) is 1. The maximum atomic E-state index is 11.5. The maximum Gasteiger partial charge on any atom is 0.306 e. The predicted molar refractivity (Wildman–Crippen MR) is 82.7 cm³/mol. The summed E-state index contributed by atoms with van der Waals surface area (Å²) in [5.74, 6) is -0.0393. The van der Waals surface area contributed by atoms with E-state index in [1.807, 2.05) is 26.0 Å². The summed E-state index contributed by atoms with van der Waals surface area (Å²) in [6, 6.07) is 0. The Labute approximate surface area is 119 Å². The largest absolute Gasteiger partial charge is 0.466 e. The summed E-state index contributed by atoms with van der Waals surface area (Å²) in [7, 11) is -1.75. The van der Waals surface area contributed by atoms with E-state index in [9.17, 15) is 4.79 Å². The lowest BCUT2D eigenvalue weighted by molar-refractivity contribution is -0.144. The highest BCUT2D eigenvalue weighted by Gasteiger charge is 2.37. The molecule has 4 heteroatoms. The minimum Gasteiger partial charge on any atom is -0.466 e. The summed E-state index contributed by atoms with van der Waals surface area (Å²) in [5, 5.41) is 0.192. The Hall–Kier alpha value is -0.613. The Kier molecular flexibility index (Phi) is 7.60. The van der Waals surface area contributed by atoms with Crippen LogP contribution in [0.2, 0.25) is 18.1 Å². The summed E-state index contributed by atoms with van der Waals surface area (Å²) in [6.07, 6.45) is 4.40. The van der Waals surface area contributed by atoms with Crippen LogP contribution >= 0.6 is 0 Å². The third-order valence-electron chi connectivity index (χ3n) is 3.66. The third-order valence-corrected chi connectivity index (χ3v) is 8.16. The van der Waals surface area contributed by atoms with Crippen LogP contribution in [-0.4, -0.2) is 27.5 Å². The normalized spacial score (nSPS) is 14.7. The number of rotatable bonds is 7. The summed E-state index contributed by atoms with van der Waals surface area (Å²) < 4.78 is 11.2. The number of allylic oxidation sites excluding steroid dienone is 1. The fourth-order valence-electron chi connectivity index (χ4n) is 1.42. The van der Waals surface area contributed by atoms with Crippen molar-refractivity contribution in [3.63, 3.8) is 0 Å². The first kappa shape index (κ1) is 18.4. The fourth-order valence-corrected chi connectivity index (χ4v) is 2.48. The van der Waals surface area contributed by atoms with Crippen LogP contribution < -0.4 is 0 Å². The van der Waals surface area contributed by atoms with Crippen LogP contribution in [0.5, 0.6) is 0 Å². The van der Waals surface area contributed by atoms with Crippen molar-refractivity contribution in [2.24, 2.45) is 5.92 Å². The number of carbonyl (C=O) groups excluding carboxylic acids is 1. The summed E-state index contributed by atoms with van der Waals surface area (Å²) in [4.78, 5) is 11.5. The van der Waals surface area contributed by atoms with E-state index >= 15 is 0 Å². The minimum atomic E-state index is -1.75. The Morgan fingerprint density at radius 1 is 1.32 bits per heavy atom. The van der Waals surface area contributed by atoms with Gasteiger partial charge in [0.1, 0.15) is 0 Å². The molecule has 1 atom stereocenters. The van der Waals surface area contributed by atoms with Crippen molar-refractivity contribution in [3.05, 3.63) is 12.2 Å². The van der Waals surface area contributed by atoms with Gasteiger partial charge in [-0.05, 0) is 32.0 Å². The van der Waals surface area contributed by atoms with Gasteiger partial charge in [0.2, 0.25) is 0 Å². The quantitative estimate of drug-likeness (QED) is 0.400. The van der Waals surface area contributed by atoms with Gasteiger partial charge < -0.3 is 9.16 Å². The van der Waals surface area contributed by atoms with Gasteiger partial charge in [0.05, 0.1) is 13.0 Å². The minimum absolute atomic E-state index is 0.109. The van der Waals surface area contributed by atoms with Crippen molar-refractivity contribution in [3.8, 4) is 0 Å². The molecular weight excluding hydrogens is 256 g/mol. The second-order valence-corrected chi connectivity index (χ2v) is 11.2. The lowest BCUT2D eigenvalue weighted by atomic mass is 10.1. The van der Waals surface area contributed by atoms with E-state index in [2.05, 4.69) is 33.9 Å². The second-order valence-electron chi connectivity index (χ2n) is 6.37. The molecule has 0 N–H and O–H groups in total. The topological polar surface area (TPSA) is 35.5 Å². The van der Waals surface area contributed by atoms with Crippen molar-refractivity contribution in [2.45, 2.75) is 59.2 Å². The molecule has 19 heavy (non-hydrogen) atoms. The van der Waals surface area contributed by atoms with E-state index < -0.39 is 8.32 Å². The van der Waals surface area contributed by atoms with Gasteiger partial charge in [0.25, 0.3) is 0 Å². The number of carbonyl (C=O) groups is 1. The van der Waals surface area contributed by atoms with Crippen LogP contribution in [0, 0.1) is 5.92 Å². The van der Waals surface area contributed by atoms with Crippen LogP contribution in [0.25, 0.3) is 0 Å². The Bertz CT molecular complexity index is 303. The molecule has 0 aliphatic heterocycles. The fraction of sp³-hybridized carbons (Fsp3) is 0.800. The Balaban J connectivity index is 4.49. The first-order valence-corrected chi connectivity index (χ1v) is 9.97. The van der Waals surface area contributed by atoms with E-state index in [0.29, 0.717) is 19.6 Å². The van der Waals surface area contributed by atoms with E-state index in [1.165, 1.54) is 0 Å². The highest BCUT2D eigenvalue weighted by Crippen LogP contribution is 2.36. The van der Waals surface area contributed by atoms with Crippen LogP contribution in [0.3, 0.4) is 0 Å². The molecule has 0 aliphatic rings. The third kappa shape index (κ3) is 6.92. The molecule has 0 spiro atoms. The zero-order valence-corrected chi connectivity index (χ0v) is 14.6. The predicted octanol–water partition coefficient (Wildman–Crippen LogP) is 4.15. The monoisotopic (exact) mass is 286 g/mol. The zero-order valence-electron chi connectivity index (χ0n) is 13.6. The lowest BCUT2D eigenvalue weighted by Gasteiger charge is -2.37. The zero-order chi connectivity index (χ0) is 15.1. The SMILES string of the molecule is C/C=C/[C@H](CO[Si](C)(C)C(C)(C)C)CC(=O)OCC. The molecule has 112 valence electrons. The second kappa shape index (κ2) is 7.85. The van der Waals surface area contributed by atoms with Gasteiger partial charge in [-0.1, -0.05) is 32.9 Å². The molecule has 0 aliphatic carbocycles. The van der Waals surface area contributed by atoms with E-state index in [0.717, 1.165) is 0 Å². The van der Waals surface area contributed by atoms with Gasteiger partial charge in [-0.15, -0.1) is 0 Å². The molecule has 0 aromatic rings. The lowest BCUT2D eigenvalue weighted by Crippen LogP contribution is -2.42. The molecule has 0 aromatic heterocycles. The van der Waals surface area contributed by atoms with Crippen LogP contribution in [0.4, 0.5) is 0 Å². The molecule has 3 nitrogen and oxygen atoms in total. The Morgan fingerprint density at radius 2 is 1.89 bits per heavy atom. The highest BCUT2D eigenvalue weighted by atomic mass is 28.4. The Morgan fingerprint density at radius 3 is 2.32 bits per heavy atom. The smallest absolute Gasteiger partial charge is 0.306 e. The van der Waals surface area contributed by atoms with Gasteiger partial charge in [0.15, 0.2) is 8.32 Å². The van der Waals surface area contributed by atoms with Gasteiger partial charge in [0, 0.05) is 12.5 Å². The molecule has 0 radical (unpaired) electrons. The molecule has 0 bridgehead atoms. The van der Waals surface area contributed by atoms with Crippen molar-refractivity contribution in [1.82, 2.24) is 0 Å². The molecule has 0 rings (SSSR count). The molecular formula is C15H30O3Si. The van der Waals surface area contributed by atoms with Crippen molar-refractivity contribution < 1.29 is 14.0 Å². The van der Waals surface area contributed by atoms with Crippen LogP contribution in [-0.2, 0) is 14.0 Å². The van der Waals surface area contributed by atoms with Crippen LogP contribution in [0.15, 0.2) is 12.2 Å². The molecule has 0 amide bonds. The van der Waals surface area contributed by atoms with Gasteiger partial charge in [-0.25, -0.2) is 0 Å². The number of esters is 1. The number of hydrogen-bond donors (Lipinski definition) is 0. The van der Waals surface area contributed by atoms with Gasteiger partial charge in [-0.3, -0.25) is 4.79 Å². The van der Waals surface area contributed by atoms with Crippen molar-refractivity contribution in [2.75, 3.05) is 13.2 Å². The standard InChI is InChI=1S/C15H30O3Si/c1-8-10-13(11-14(16)17-9-2)12-18-19(6,7)15(3,4)5/h8,10,13H,9,11-12H2,1-7H3/b10-8+/t13-/m0/s1. The van der Waals surface area contributed by atoms with Gasteiger partial charge >= 0.3 is 5.97 Å². The molecule has 0 aromatic carbocycles. The van der Waals surface area contributed by atoms with Crippen LogP contribution in [0.1, 0.15) is 41.0 Å². The van der Waals surface area contributed by atoms with Crippen molar-refractivity contribution in [1.29, 1.82) is 0 Å². The molecule has 0 unspecified atom stereocenters. The average Bonchev–Trinajstić information content (AvgIpc) is 2.25. The molecule has 0 saturated carbocycles. The first-order chi connectivity index (χ1) is 8.64.